The Balaban J connectivity index is 0.00000242. The first-order chi connectivity index (χ1) is 10.2. The zero-order valence-electron chi connectivity index (χ0n) is 13.1. The van der Waals surface area contributed by atoms with E-state index >= 15 is 0 Å². The van der Waals surface area contributed by atoms with Gasteiger partial charge in [0.1, 0.15) is 13.2 Å². The van der Waals surface area contributed by atoms with Crippen molar-refractivity contribution in [2.45, 2.75) is 13.8 Å². The summed E-state index contributed by atoms with van der Waals surface area (Å²) in [5.74, 6) is 0. The van der Waals surface area contributed by atoms with Gasteiger partial charge < -0.3 is 22.0 Å². The molecule has 4 nitrogen and oxygen atoms in total. The number of carbonyl (C=O) groups is 1. The third kappa shape index (κ3) is 5.20. The Hall–Kier alpha value is -1.78. The second-order valence-electron chi connectivity index (χ2n) is 5.03. The van der Waals surface area contributed by atoms with Crippen LogP contribution in [0.2, 0.25) is 0 Å². The quantitative estimate of drug-likeness (QED) is 0.740. The van der Waals surface area contributed by atoms with Gasteiger partial charge in [0.15, 0.2) is 0 Å². The van der Waals surface area contributed by atoms with Crippen molar-refractivity contribution in [1.29, 1.82) is 0 Å². The van der Waals surface area contributed by atoms with Crippen LogP contribution >= 0.6 is 0 Å². The number of amides is 1. The van der Waals surface area contributed by atoms with Gasteiger partial charge in [0, 0.05) is 5.69 Å². The summed E-state index contributed by atoms with van der Waals surface area (Å²) in [6.45, 7) is 7.65. The highest BCUT2D eigenvalue weighted by Gasteiger charge is 2.07. The second-order valence-corrected chi connectivity index (χ2v) is 5.03. The lowest BCUT2D eigenvalue weighted by atomic mass is 10.1. The summed E-state index contributed by atoms with van der Waals surface area (Å²) in [5, 5.41) is 5.03. The van der Waals surface area contributed by atoms with Gasteiger partial charge in [-0.1, -0.05) is 30.3 Å². The minimum atomic E-state index is -0.392. The lowest BCUT2D eigenvalue weighted by Crippen LogP contribution is -3.11. The molecule has 1 amide bonds. The molecular weight excluding hydrogens is 300 g/mol. The van der Waals surface area contributed by atoms with Crippen molar-refractivity contribution >= 4 is 22.6 Å². The molecule has 0 spiro atoms. The Morgan fingerprint density at radius 2 is 1.77 bits per heavy atom. The van der Waals surface area contributed by atoms with E-state index in [1.165, 1.54) is 4.90 Å². The van der Waals surface area contributed by atoms with Crippen LogP contribution in [0.5, 0.6) is 0 Å². The Labute approximate surface area is 137 Å². The van der Waals surface area contributed by atoms with Gasteiger partial charge >= 0.3 is 6.09 Å². The Kier molecular flexibility index (Phi) is 7.71. The van der Waals surface area contributed by atoms with Crippen molar-refractivity contribution in [3.05, 3.63) is 42.5 Å². The van der Waals surface area contributed by atoms with Crippen LogP contribution in [0.4, 0.5) is 10.5 Å². The molecule has 0 aliphatic rings. The van der Waals surface area contributed by atoms with Crippen LogP contribution in [0.25, 0.3) is 10.8 Å². The predicted octanol–water partition coefficient (Wildman–Crippen LogP) is -0.683. The van der Waals surface area contributed by atoms with Gasteiger partial charge in [-0.3, -0.25) is 5.32 Å². The Morgan fingerprint density at radius 3 is 2.45 bits per heavy atom. The number of ether oxygens (including phenoxy) is 1. The van der Waals surface area contributed by atoms with Gasteiger partial charge in [-0.25, -0.2) is 4.79 Å². The molecule has 0 unspecified atom stereocenters. The summed E-state index contributed by atoms with van der Waals surface area (Å²) in [7, 11) is 0. The van der Waals surface area contributed by atoms with Gasteiger partial charge in [0.2, 0.25) is 0 Å². The molecule has 0 atom stereocenters. The van der Waals surface area contributed by atoms with Gasteiger partial charge in [-0.15, -0.1) is 0 Å². The number of halogens is 1. The number of hydrogen-bond acceptors (Lipinski definition) is 2. The van der Waals surface area contributed by atoms with Crippen molar-refractivity contribution in [2.24, 2.45) is 0 Å². The summed E-state index contributed by atoms with van der Waals surface area (Å²) in [6.07, 6.45) is -0.392. The third-order valence-corrected chi connectivity index (χ3v) is 3.68. The van der Waals surface area contributed by atoms with Crippen LogP contribution in [0.15, 0.2) is 42.5 Å². The molecule has 2 N–H and O–H groups in total. The largest absolute Gasteiger partial charge is 1.00 e. The number of quaternary nitrogens is 1. The van der Waals surface area contributed by atoms with Gasteiger partial charge in [0.25, 0.3) is 0 Å². The van der Waals surface area contributed by atoms with Gasteiger partial charge in [0.05, 0.1) is 13.1 Å². The molecule has 5 heteroatoms. The topological polar surface area (TPSA) is 42.8 Å². The number of hydrogen-bond donors (Lipinski definition) is 2. The molecule has 2 aromatic carbocycles. The number of benzene rings is 2. The lowest BCUT2D eigenvalue weighted by Gasteiger charge is -2.15. The van der Waals surface area contributed by atoms with E-state index in [0.717, 1.165) is 36.1 Å². The Bertz CT molecular complexity index is 600. The standard InChI is InChI=1S/C17H22N2O2.ClH/c1-3-19(4-2)11-12-21-17(20)18-16-10-9-14-7-5-6-8-15(14)13-16;/h5-10,13H,3-4,11-12H2,1-2H3,(H,18,20);1H. The first kappa shape index (κ1) is 18.3. The molecule has 22 heavy (non-hydrogen) atoms. The van der Waals surface area contributed by atoms with Crippen LogP contribution in [-0.4, -0.2) is 32.3 Å². The van der Waals surface area contributed by atoms with Gasteiger partial charge in [-0.2, -0.15) is 0 Å². The highest BCUT2D eigenvalue weighted by atomic mass is 35.5. The van der Waals surface area contributed by atoms with Crippen LogP contribution in [0, 0.1) is 0 Å². The predicted molar refractivity (Wildman–Crippen MR) is 85.8 cm³/mol. The minimum absolute atomic E-state index is 0. The maximum Gasteiger partial charge on any atom is 0.411 e. The fraction of sp³-hybridized carbons (Fsp3) is 0.353. The van der Waals surface area contributed by atoms with Gasteiger partial charge in [-0.05, 0) is 36.8 Å². The smallest absolute Gasteiger partial charge is 0.411 e. The third-order valence-electron chi connectivity index (χ3n) is 3.68. The molecule has 0 saturated heterocycles. The van der Waals surface area contributed by atoms with Crippen molar-refractivity contribution in [3.63, 3.8) is 0 Å². The van der Waals surface area contributed by atoms with Crippen LogP contribution in [-0.2, 0) is 4.74 Å². The Morgan fingerprint density at radius 1 is 1.09 bits per heavy atom. The van der Waals surface area contributed by atoms with E-state index in [1.54, 1.807) is 0 Å². The molecule has 2 rings (SSSR count). The first-order valence-corrected chi connectivity index (χ1v) is 7.49. The SMILES string of the molecule is CC[NH+](CC)CCOC(=O)Nc1ccc2ccccc2c1.[Cl-]. The summed E-state index contributed by atoms with van der Waals surface area (Å²) in [6, 6.07) is 13.9. The number of carbonyl (C=O) groups excluding carboxylic acids is 1. The van der Waals surface area contributed by atoms with Crippen molar-refractivity contribution < 1.29 is 26.8 Å². The van der Waals surface area contributed by atoms with Crippen LogP contribution < -0.4 is 22.6 Å². The molecular formula is C17H23ClN2O2. The summed E-state index contributed by atoms with van der Waals surface area (Å²) in [4.78, 5) is 13.2. The monoisotopic (exact) mass is 322 g/mol. The highest BCUT2D eigenvalue weighted by Crippen LogP contribution is 2.18. The maximum absolute atomic E-state index is 11.8. The second kappa shape index (κ2) is 9.28. The summed E-state index contributed by atoms with van der Waals surface area (Å²) < 4.78 is 5.22. The first-order valence-electron chi connectivity index (χ1n) is 7.49. The number of rotatable bonds is 6. The van der Waals surface area contributed by atoms with Crippen molar-refractivity contribution in [3.8, 4) is 0 Å². The van der Waals surface area contributed by atoms with Crippen LogP contribution in [0.1, 0.15) is 13.8 Å². The zero-order valence-corrected chi connectivity index (χ0v) is 13.8. The molecule has 2 aromatic rings. The molecule has 0 aliphatic heterocycles. The summed E-state index contributed by atoms with van der Waals surface area (Å²) >= 11 is 0. The zero-order chi connectivity index (χ0) is 15.1. The van der Waals surface area contributed by atoms with E-state index < -0.39 is 6.09 Å². The fourth-order valence-corrected chi connectivity index (χ4v) is 2.31. The molecule has 0 aliphatic carbocycles. The van der Waals surface area contributed by atoms with E-state index in [1.807, 2.05) is 42.5 Å². The van der Waals surface area contributed by atoms with Crippen molar-refractivity contribution in [1.82, 2.24) is 0 Å². The highest BCUT2D eigenvalue weighted by molar-refractivity contribution is 5.91. The number of nitrogens with one attached hydrogen (secondary N) is 2. The number of anilines is 1. The van der Waals surface area contributed by atoms with E-state index in [2.05, 4.69) is 19.2 Å². The molecule has 120 valence electrons. The molecule has 0 bridgehead atoms. The maximum atomic E-state index is 11.8. The van der Waals surface area contributed by atoms with E-state index in [0.29, 0.717) is 6.61 Å². The number of likely N-dealkylation sites (N-methyl/N-ethyl adjacent to an activating group) is 1. The number of fused-ring (bicyclic) bond motifs is 1. The molecule has 0 saturated carbocycles. The minimum Gasteiger partial charge on any atom is -1.00 e. The van der Waals surface area contributed by atoms with E-state index in [-0.39, 0.29) is 12.4 Å². The average molecular weight is 323 g/mol. The normalized spacial score (nSPS) is 10.3. The molecule has 0 heterocycles. The molecule has 0 fully saturated rings. The molecule has 0 radical (unpaired) electrons. The van der Waals surface area contributed by atoms with E-state index in [4.69, 9.17) is 4.74 Å². The van der Waals surface area contributed by atoms with Crippen molar-refractivity contribution in [2.75, 3.05) is 31.6 Å². The van der Waals surface area contributed by atoms with Crippen LogP contribution in [0.3, 0.4) is 0 Å². The summed E-state index contributed by atoms with van der Waals surface area (Å²) in [5.41, 5.74) is 0.758. The van der Waals surface area contributed by atoms with E-state index in [9.17, 15) is 4.79 Å². The average Bonchev–Trinajstić information content (AvgIpc) is 2.51. The fourth-order valence-electron chi connectivity index (χ4n) is 2.31. The molecule has 0 aromatic heterocycles. The lowest BCUT2D eigenvalue weighted by molar-refractivity contribution is -0.896.